The Balaban J connectivity index is 1.76. The van der Waals surface area contributed by atoms with Crippen LogP contribution in [0.5, 0.6) is 11.5 Å². The fourth-order valence-electron chi connectivity index (χ4n) is 5.00. The molecule has 8 nitrogen and oxygen atoms in total. The Labute approximate surface area is 189 Å². The number of ether oxygens (including phenoxy) is 1. The fraction of sp³-hybridized carbons (Fsp3) is 0.250. The average molecular weight is 467 g/mol. The van der Waals surface area contributed by atoms with Gasteiger partial charge < -0.3 is 19.2 Å². The molecular formula is C24H19F2N3O5. The maximum absolute atomic E-state index is 13.2. The van der Waals surface area contributed by atoms with Crippen LogP contribution in [0.2, 0.25) is 0 Å². The zero-order valence-electron chi connectivity index (χ0n) is 17.7. The van der Waals surface area contributed by atoms with Crippen LogP contribution in [0, 0.1) is 0 Å². The number of fused-ring (bicyclic) bond motifs is 4. The van der Waals surface area contributed by atoms with Gasteiger partial charge in [0.2, 0.25) is 11.2 Å². The molecule has 0 aliphatic heterocycles. The lowest BCUT2D eigenvalue weighted by Crippen LogP contribution is -2.10. The van der Waals surface area contributed by atoms with Crippen LogP contribution in [-0.2, 0) is 0 Å². The van der Waals surface area contributed by atoms with Crippen molar-refractivity contribution in [2.24, 2.45) is 0 Å². The van der Waals surface area contributed by atoms with E-state index in [1.165, 1.54) is 24.3 Å². The van der Waals surface area contributed by atoms with Gasteiger partial charge in [-0.15, -0.1) is 0 Å². The molecule has 0 amide bonds. The average Bonchev–Trinajstić information content (AvgIpc) is 3.53. The molecule has 0 spiro atoms. The van der Waals surface area contributed by atoms with Gasteiger partial charge in [0.05, 0.1) is 16.9 Å². The molecule has 2 aromatic carbocycles. The van der Waals surface area contributed by atoms with Gasteiger partial charge in [0.1, 0.15) is 11.4 Å². The van der Waals surface area contributed by atoms with E-state index in [-0.39, 0.29) is 33.9 Å². The molecule has 3 aromatic heterocycles. The second kappa shape index (κ2) is 7.47. The summed E-state index contributed by atoms with van der Waals surface area (Å²) in [5.74, 6) is -0.616. The monoisotopic (exact) mass is 467 g/mol. The van der Waals surface area contributed by atoms with Crippen LogP contribution in [0.15, 0.2) is 50.4 Å². The van der Waals surface area contributed by atoms with Gasteiger partial charge in [-0.25, -0.2) is 0 Å². The molecule has 6 rings (SSSR count). The fourth-order valence-corrected chi connectivity index (χ4v) is 5.00. The number of aromatic amines is 2. The predicted molar refractivity (Wildman–Crippen MR) is 122 cm³/mol. The summed E-state index contributed by atoms with van der Waals surface area (Å²) in [6.45, 7) is -3.01. The maximum atomic E-state index is 13.2. The SMILES string of the molecule is O=c1ccc2c(oc3c(-c4cccc(OC(F)F)c4)c4c(=O)[nH]n(C5CCCC5)c4[nH]c32)c1O. The van der Waals surface area contributed by atoms with E-state index in [2.05, 4.69) is 14.8 Å². The first kappa shape index (κ1) is 20.5. The van der Waals surface area contributed by atoms with Crippen LogP contribution in [0.3, 0.4) is 0 Å². The summed E-state index contributed by atoms with van der Waals surface area (Å²) >= 11 is 0. The zero-order valence-corrected chi connectivity index (χ0v) is 17.7. The molecule has 34 heavy (non-hydrogen) atoms. The number of H-pyrrole nitrogens is 2. The molecule has 1 aliphatic rings. The number of hydrogen-bond acceptors (Lipinski definition) is 5. The van der Waals surface area contributed by atoms with Crippen molar-refractivity contribution >= 4 is 33.1 Å². The number of aromatic hydroxyl groups is 1. The summed E-state index contributed by atoms with van der Waals surface area (Å²) in [5.41, 5.74) is 0.986. The van der Waals surface area contributed by atoms with Crippen LogP contribution in [0.4, 0.5) is 8.78 Å². The number of alkyl halides is 2. The van der Waals surface area contributed by atoms with E-state index in [1.54, 1.807) is 12.1 Å². The van der Waals surface area contributed by atoms with E-state index in [0.717, 1.165) is 25.7 Å². The van der Waals surface area contributed by atoms with Gasteiger partial charge in [0.25, 0.3) is 5.56 Å². The van der Waals surface area contributed by atoms with Gasteiger partial charge in [-0.3, -0.25) is 19.4 Å². The molecular weight excluding hydrogens is 448 g/mol. The lowest BCUT2D eigenvalue weighted by atomic mass is 10.0. The van der Waals surface area contributed by atoms with Crippen molar-refractivity contribution in [2.75, 3.05) is 0 Å². The number of hydrogen-bond donors (Lipinski definition) is 3. The van der Waals surface area contributed by atoms with Crippen molar-refractivity contribution in [3.8, 4) is 22.6 Å². The predicted octanol–water partition coefficient (Wildman–Crippen LogP) is 5.01. The minimum atomic E-state index is -3.01. The number of halogens is 2. The largest absolute Gasteiger partial charge is 0.502 e. The summed E-state index contributed by atoms with van der Waals surface area (Å²) in [5, 5.41) is 14.0. The molecule has 5 aromatic rings. The smallest absolute Gasteiger partial charge is 0.387 e. The van der Waals surface area contributed by atoms with Gasteiger partial charge in [-0.2, -0.15) is 8.78 Å². The first-order valence-electron chi connectivity index (χ1n) is 10.9. The lowest BCUT2D eigenvalue weighted by Gasteiger charge is -2.13. The van der Waals surface area contributed by atoms with Gasteiger partial charge in [-0.05, 0) is 42.7 Å². The second-order valence-corrected chi connectivity index (χ2v) is 8.47. The van der Waals surface area contributed by atoms with Crippen LogP contribution in [-0.4, -0.2) is 26.5 Å². The quantitative estimate of drug-likeness (QED) is 0.344. The molecule has 3 N–H and O–H groups in total. The molecule has 0 atom stereocenters. The van der Waals surface area contributed by atoms with Gasteiger partial charge in [-0.1, -0.05) is 25.0 Å². The van der Waals surface area contributed by atoms with Crippen molar-refractivity contribution in [1.82, 2.24) is 14.8 Å². The first-order chi connectivity index (χ1) is 16.4. The zero-order chi connectivity index (χ0) is 23.6. The number of aromatic nitrogens is 3. The van der Waals surface area contributed by atoms with Crippen LogP contribution >= 0.6 is 0 Å². The van der Waals surface area contributed by atoms with E-state index in [4.69, 9.17) is 4.42 Å². The minimum absolute atomic E-state index is 0.0171. The standard InChI is InChI=1S/C24H19F2N3O5/c25-24(26)33-13-7-3-4-11(10-13)16-17-22(29(28-23(17)32)12-5-1-2-6-12)27-18-14-8-9-15(30)19(31)20(14)34-21(16)18/h3-4,7-10,12,24,27,31H,1-2,5-6H2,(H,28,32). The number of furan rings is 1. The maximum Gasteiger partial charge on any atom is 0.387 e. The summed E-state index contributed by atoms with van der Waals surface area (Å²) < 4.78 is 38.0. The third kappa shape index (κ3) is 3.01. The number of rotatable bonds is 4. The van der Waals surface area contributed by atoms with Crippen LogP contribution in [0.25, 0.3) is 44.2 Å². The minimum Gasteiger partial charge on any atom is -0.502 e. The molecule has 10 heteroatoms. The van der Waals surface area contributed by atoms with E-state index >= 15 is 0 Å². The van der Waals surface area contributed by atoms with Crippen molar-refractivity contribution in [3.05, 3.63) is 57.0 Å². The normalized spacial score (nSPS) is 14.8. The van der Waals surface area contributed by atoms with Crippen molar-refractivity contribution in [3.63, 3.8) is 0 Å². The third-order valence-electron chi connectivity index (χ3n) is 6.48. The molecule has 1 saturated carbocycles. The molecule has 174 valence electrons. The number of pyridine rings is 1. The first-order valence-corrected chi connectivity index (χ1v) is 10.9. The van der Waals surface area contributed by atoms with Crippen molar-refractivity contribution in [1.29, 1.82) is 0 Å². The molecule has 0 bridgehead atoms. The molecule has 1 fully saturated rings. The summed E-state index contributed by atoms with van der Waals surface area (Å²) in [6.07, 6.45) is 3.91. The number of benzene rings is 2. The van der Waals surface area contributed by atoms with E-state index in [1.807, 2.05) is 4.68 Å². The van der Waals surface area contributed by atoms with Gasteiger partial charge >= 0.3 is 6.61 Å². The summed E-state index contributed by atoms with van der Waals surface area (Å²) in [7, 11) is 0. The van der Waals surface area contributed by atoms with Crippen LogP contribution < -0.4 is 15.7 Å². The van der Waals surface area contributed by atoms with E-state index in [0.29, 0.717) is 27.7 Å². The Hall–Kier alpha value is -4.08. The van der Waals surface area contributed by atoms with Crippen LogP contribution in [0.1, 0.15) is 31.7 Å². The lowest BCUT2D eigenvalue weighted by molar-refractivity contribution is -0.0498. The number of phenolic OH excluding ortho intramolecular Hbond substituents is 1. The van der Waals surface area contributed by atoms with E-state index < -0.39 is 17.8 Å². The second-order valence-electron chi connectivity index (χ2n) is 8.47. The molecule has 0 saturated heterocycles. The molecule has 1 aliphatic carbocycles. The van der Waals surface area contributed by atoms with Crippen molar-refractivity contribution < 1.29 is 23.0 Å². The van der Waals surface area contributed by atoms with E-state index in [9.17, 15) is 23.5 Å². The number of nitrogens with zero attached hydrogens (tertiary/aromatic N) is 1. The Morgan fingerprint density at radius 3 is 2.68 bits per heavy atom. The number of nitrogens with one attached hydrogen (secondary N) is 2. The third-order valence-corrected chi connectivity index (χ3v) is 6.48. The van der Waals surface area contributed by atoms with Crippen molar-refractivity contribution in [2.45, 2.75) is 38.3 Å². The van der Waals surface area contributed by atoms with Gasteiger partial charge in [0.15, 0.2) is 11.2 Å². The topological polar surface area (TPSA) is 113 Å². The highest BCUT2D eigenvalue weighted by atomic mass is 19.3. The molecule has 0 unspecified atom stereocenters. The number of phenols is 1. The molecule has 3 heterocycles. The highest BCUT2D eigenvalue weighted by Gasteiger charge is 2.27. The Morgan fingerprint density at radius 2 is 1.91 bits per heavy atom. The Bertz CT molecular complexity index is 1690. The summed E-state index contributed by atoms with van der Waals surface area (Å²) in [6, 6.07) is 8.86. The molecule has 0 radical (unpaired) electrons. The highest BCUT2D eigenvalue weighted by molar-refractivity contribution is 6.15. The summed E-state index contributed by atoms with van der Waals surface area (Å²) in [4.78, 5) is 28.5. The highest BCUT2D eigenvalue weighted by Crippen LogP contribution is 2.41. The van der Waals surface area contributed by atoms with Gasteiger partial charge in [0, 0.05) is 10.9 Å². The Morgan fingerprint density at radius 1 is 1.12 bits per heavy atom. The Kier molecular flexibility index (Phi) is 4.51.